The number of hydrogen-bond acceptors (Lipinski definition) is 4. The Morgan fingerprint density at radius 3 is 1.80 bits per heavy atom. The molecule has 0 aliphatic carbocycles. The van der Waals surface area contributed by atoms with Gasteiger partial charge in [-0.25, -0.2) is 9.97 Å². The Morgan fingerprint density at radius 1 is 1.00 bits per heavy atom. The first-order valence-corrected chi connectivity index (χ1v) is 4.84. The van der Waals surface area contributed by atoms with Crippen LogP contribution in [0.15, 0.2) is 12.4 Å². The Labute approximate surface area is 142 Å². The maximum atomic E-state index is 12.1. The van der Waals surface area contributed by atoms with Crippen molar-refractivity contribution in [1.29, 1.82) is 0 Å². The van der Waals surface area contributed by atoms with Crippen molar-refractivity contribution >= 4 is 0 Å². The summed E-state index contributed by atoms with van der Waals surface area (Å²) in [7, 11) is 0. The first kappa shape index (κ1) is 20.0. The molecule has 1 rings (SSSR count). The number of aliphatic hydroxyl groups excluding tert-OH is 2. The van der Waals surface area contributed by atoms with Crippen molar-refractivity contribution in [2.24, 2.45) is 0 Å². The van der Waals surface area contributed by atoms with Gasteiger partial charge in [0.1, 0.15) is 0 Å². The topological polar surface area (TPSA) is 66.2 Å². The van der Waals surface area contributed by atoms with E-state index in [1.54, 1.807) is 0 Å². The summed E-state index contributed by atoms with van der Waals surface area (Å²) in [5, 5.41) is 18.0. The van der Waals surface area contributed by atoms with E-state index in [9.17, 15) is 31.4 Å². The molecule has 0 saturated carbocycles. The van der Waals surface area contributed by atoms with Crippen molar-refractivity contribution in [3.63, 3.8) is 0 Å². The molecule has 112 valence electrons. The van der Waals surface area contributed by atoms with Crippen LogP contribution in [-0.2, 0) is 6.18 Å². The fourth-order valence-corrected chi connectivity index (χ4v) is 1.14. The first-order valence-electron chi connectivity index (χ1n) is 4.84. The molecule has 4 nitrogen and oxygen atoms in total. The van der Waals surface area contributed by atoms with Crippen LogP contribution in [0.3, 0.4) is 0 Å². The Hall–Kier alpha value is -0.0434. The number of alkyl halides is 6. The maximum Gasteiger partial charge on any atom is 0.451 e. The molecule has 0 radical (unpaired) electrons. The van der Waals surface area contributed by atoms with Gasteiger partial charge in [-0.15, -0.1) is 0 Å². The molecule has 0 amide bonds. The van der Waals surface area contributed by atoms with Gasteiger partial charge in [-0.1, -0.05) is 0 Å². The van der Waals surface area contributed by atoms with Crippen LogP contribution in [0.2, 0.25) is 0 Å². The Kier molecular flexibility index (Phi) is 7.27. The summed E-state index contributed by atoms with van der Waals surface area (Å²) < 4.78 is 72.3. The van der Waals surface area contributed by atoms with E-state index >= 15 is 0 Å². The molecular weight excluding hydrogens is 422 g/mol. The van der Waals surface area contributed by atoms with E-state index in [0.717, 1.165) is 0 Å². The van der Waals surface area contributed by atoms with E-state index in [-0.39, 0.29) is 47.3 Å². The van der Waals surface area contributed by atoms with Crippen LogP contribution >= 0.6 is 0 Å². The summed E-state index contributed by atoms with van der Waals surface area (Å²) in [4.78, 5) is 5.76. The molecule has 1 aromatic heterocycles. The molecule has 1 aromatic rings. The summed E-state index contributed by atoms with van der Waals surface area (Å²) >= 11 is 0. The summed E-state index contributed by atoms with van der Waals surface area (Å²) in [6, 6.07) is 0. The fourth-order valence-electron chi connectivity index (χ4n) is 1.14. The number of nitrogens with zero attached hydrogens (tertiary/aromatic N) is 2. The molecule has 0 spiro atoms. The Bertz CT molecular complexity index is 422. The summed E-state index contributed by atoms with van der Waals surface area (Å²) in [5.41, 5.74) is -0.351. The van der Waals surface area contributed by atoms with Crippen LogP contribution in [0, 0.1) is 41.7 Å². The minimum atomic E-state index is -4.92. The normalized spacial score (nSPS) is 15.4. The SMILES string of the molecule is OC(CC(O)C(F)(F)F)c1cnc(C(F)(F)F)nc1.[Ce]. The predicted octanol–water partition coefficient (Wildman–Crippen LogP) is 1.84. The monoisotopic (exact) mass is 430 g/mol. The number of hydrogen-bond donors (Lipinski definition) is 2. The second-order valence-electron chi connectivity index (χ2n) is 3.65. The quantitative estimate of drug-likeness (QED) is 0.719. The number of aromatic nitrogens is 2. The van der Waals surface area contributed by atoms with Gasteiger partial charge in [-0.3, -0.25) is 0 Å². The van der Waals surface area contributed by atoms with E-state index in [0.29, 0.717) is 12.4 Å². The van der Waals surface area contributed by atoms with Gasteiger partial charge in [0.05, 0.1) is 6.10 Å². The molecule has 2 atom stereocenters. The largest absolute Gasteiger partial charge is 0.451 e. The summed E-state index contributed by atoms with van der Waals surface area (Å²) in [5.74, 6) is -1.47. The number of aliphatic hydroxyl groups is 2. The molecule has 20 heavy (non-hydrogen) atoms. The zero-order chi connectivity index (χ0) is 14.8. The molecule has 0 bridgehead atoms. The second kappa shape index (κ2) is 7.29. The minimum Gasteiger partial charge on any atom is -0.388 e. The molecule has 11 heteroatoms. The van der Waals surface area contributed by atoms with Gasteiger partial charge < -0.3 is 10.2 Å². The summed E-state index contributed by atoms with van der Waals surface area (Å²) in [6.45, 7) is 0. The molecular formula is C9H8CeF6N2O2. The maximum absolute atomic E-state index is 12.1. The van der Waals surface area contributed by atoms with Crippen molar-refractivity contribution in [2.45, 2.75) is 31.0 Å². The average Bonchev–Trinajstić information content (AvgIpc) is 2.26. The van der Waals surface area contributed by atoms with Crippen molar-refractivity contribution in [2.75, 3.05) is 0 Å². The molecule has 2 N–H and O–H groups in total. The third-order valence-electron chi connectivity index (χ3n) is 2.13. The predicted molar refractivity (Wildman–Crippen MR) is 48.7 cm³/mol. The van der Waals surface area contributed by atoms with Crippen molar-refractivity contribution in [3.05, 3.63) is 23.8 Å². The van der Waals surface area contributed by atoms with Crippen LogP contribution in [0.4, 0.5) is 26.3 Å². The van der Waals surface area contributed by atoms with Gasteiger partial charge in [0.15, 0.2) is 6.10 Å². The van der Waals surface area contributed by atoms with Gasteiger partial charge >= 0.3 is 12.4 Å². The van der Waals surface area contributed by atoms with E-state index < -0.39 is 36.8 Å². The number of rotatable bonds is 3. The second-order valence-corrected chi connectivity index (χ2v) is 3.65. The molecule has 0 aliphatic rings. The van der Waals surface area contributed by atoms with Gasteiger partial charge in [0.2, 0.25) is 5.82 Å². The summed E-state index contributed by atoms with van der Waals surface area (Å²) in [6.07, 6.45) is -14.3. The van der Waals surface area contributed by atoms with Gasteiger partial charge in [-0.2, -0.15) is 26.3 Å². The number of halogens is 6. The Balaban J connectivity index is 0.00000361. The first-order chi connectivity index (χ1) is 8.51. The smallest absolute Gasteiger partial charge is 0.388 e. The van der Waals surface area contributed by atoms with E-state index in [4.69, 9.17) is 5.11 Å². The zero-order valence-electron chi connectivity index (χ0n) is 9.57. The van der Waals surface area contributed by atoms with Crippen LogP contribution in [-0.4, -0.2) is 32.5 Å². The van der Waals surface area contributed by atoms with Gasteiger partial charge in [-0.05, 0) is 0 Å². The standard InChI is InChI=1S/C9H8F6N2O2.Ce/c10-8(11,12)6(19)1-5(18)4-2-16-7(17-3-4)9(13,14)15;/h2-3,5-6,18-19H,1H2;. The zero-order valence-corrected chi connectivity index (χ0v) is 12.7. The van der Waals surface area contributed by atoms with Crippen LogP contribution in [0.5, 0.6) is 0 Å². The van der Waals surface area contributed by atoms with E-state index in [2.05, 4.69) is 9.97 Å². The molecule has 1 heterocycles. The van der Waals surface area contributed by atoms with Gasteiger partial charge in [0, 0.05) is 66.1 Å². The third kappa shape index (κ3) is 5.75. The fraction of sp³-hybridized carbons (Fsp3) is 0.556. The third-order valence-corrected chi connectivity index (χ3v) is 2.13. The van der Waals surface area contributed by atoms with Crippen molar-refractivity contribution < 1.29 is 78.3 Å². The Morgan fingerprint density at radius 2 is 1.45 bits per heavy atom. The van der Waals surface area contributed by atoms with Crippen LogP contribution in [0.1, 0.15) is 23.9 Å². The molecule has 0 saturated heterocycles. The molecule has 2 unspecified atom stereocenters. The molecule has 0 fully saturated rings. The molecule has 0 aliphatic heterocycles. The van der Waals surface area contributed by atoms with Crippen LogP contribution in [0.25, 0.3) is 0 Å². The average molecular weight is 430 g/mol. The van der Waals surface area contributed by atoms with E-state index in [1.165, 1.54) is 0 Å². The van der Waals surface area contributed by atoms with Gasteiger partial charge in [0.25, 0.3) is 0 Å². The van der Waals surface area contributed by atoms with E-state index in [1.807, 2.05) is 0 Å². The van der Waals surface area contributed by atoms with Crippen molar-refractivity contribution in [1.82, 2.24) is 9.97 Å². The van der Waals surface area contributed by atoms with Crippen molar-refractivity contribution in [3.8, 4) is 0 Å². The van der Waals surface area contributed by atoms with Crippen LogP contribution < -0.4 is 0 Å². The molecule has 0 aromatic carbocycles. The minimum absolute atomic E-state index is 0.